The lowest BCUT2D eigenvalue weighted by molar-refractivity contribution is -0.151. The van der Waals surface area contributed by atoms with Crippen molar-refractivity contribution >= 4 is 11.9 Å². The van der Waals surface area contributed by atoms with E-state index in [1.807, 2.05) is 0 Å². The van der Waals surface area contributed by atoms with Crippen LogP contribution < -0.4 is 5.32 Å². The van der Waals surface area contributed by atoms with Crippen LogP contribution in [0.15, 0.2) is 0 Å². The van der Waals surface area contributed by atoms with Crippen LogP contribution in [0.3, 0.4) is 0 Å². The lowest BCUT2D eigenvalue weighted by atomic mass is 10.2. The van der Waals surface area contributed by atoms with Crippen LogP contribution in [-0.2, 0) is 14.3 Å². The summed E-state index contributed by atoms with van der Waals surface area (Å²) >= 11 is 0. The van der Waals surface area contributed by atoms with E-state index in [2.05, 4.69) is 17.1 Å². The fraction of sp³-hybridized carbons (Fsp3) is 0.846. The van der Waals surface area contributed by atoms with Crippen LogP contribution in [-0.4, -0.2) is 59.8 Å². The fourth-order valence-corrected chi connectivity index (χ4v) is 2.69. The number of nitrogens with zero attached hydrogens (tertiary/aromatic N) is 1. The van der Waals surface area contributed by atoms with Gasteiger partial charge in [0.2, 0.25) is 5.91 Å². The number of carboxylic acid groups (broad SMARTS) is 1. The first-order valence-electron chi connectivity index (χ1n) is 6.98. The highest BCUT2D eigenvalue weighted by Gasteiger charge is 2.34. The Bertz CT molecular complexity index is 342. The first kappa shape index (κ1) is 14.3. The molecule has 3 unspecified atom stereocenters. The molecule has 3 atom stereocenters. The first-order chi connectivity index (χ1) is 9.08. The normalized spacial score (nSPS) is 29.3. The topological polar surface area (TPSA) is 78.9 Å². The van der Waals surface area contributed by atoms with Crippen molar-refractivity contribution in [3.05, 3.63) is 0 Å². The summed E-state index contributed by atoms with van der Waals surface area (Å²) < 4.78 is 5.22. The highest BCUT2D eigenvalue weighted by Crippen LogP contribution is 2.20. The van der Waals surface area contributed by atoms with E-state index in [0.29, 0.717) is 25.4 Å². The van der Waals surface area contributed by atoms with E-state index >= 15 is 0 Å². The summed E-state index contributed by atoms with van der Waals surface area (Å²) in [6.07, 6.45) is 1.92. The van der Waals surface area contributed by atoms with Crippen molar-refractivity contribution in [2.45, 2.75) is 50.9 Å². The number of ether oxygens (including phenoxy) is 1. The average molecular weight is 270 g/mol. The van der Waals surface area contributed by atoms with Gasteiger partial charge in [0.15, 0.2) is 6.10 Å². The van der Waals surface area contributed by atoms with Crippen LogP contribution in [0.1, 0.15) is 32.6 Å². The van der Waals surface area contributed by atoms with Crippen molar-refractivity contribution in [3.8, 4) is 0 Å². The van der Waals surface area contributed by atoms with E-state index in [0.717, 1.165) is 13.1 Å². The predicted molar refractivity (Wildman–Crippen MR) is 68.8 cm³/mol. The van der Waals surface area contributed by atoms with Gasteiger partial charge in [0.1, 0.15) is 6.10 Å². The molecular formula is C13H22N2O4. The summed E-state index contributed by atoms with van der Waals surface area (Å²) in [4.78, 5) is 25.0. The van der Waals surface area contributed by atoms with E-state index in [9.17, 15) is 9.59 Å². The van der Waals surface area contributed by atoms with Crippen LogP contribution in [0.5, 0.6) is 0 Å². The molecular weight excluding hydrogens is 248 g/mol. The average Bonchev–Trinajstić information content (AvgIpc) is 3.05. The summed E-state index contributed by atoms with van der Waals surface area (Å²) in [7, 11) is 0. The quantitative estimate of drug-likeness (QED) is 0.747. The molecule has 2 rings (SSSR count). The number of amides is 1. The number of hydrogen-bond donors (Lipinski definition) is 2. The van der Waals surface area contributed by atoms with Gasteiger partial charge in [0, 0.05) is 12.6 Å². The Labute approximate surface area is 113 Å². The molecule has 0 aromatic carbocycles. The molecule has 2 saturated heterocycles. The van der Waals surface area contributed by atoms with Crippen LogP contribution in [0.4, 0.5) is 0 Å². The number of likely N-dealkylation sites (tertiary alicyclic amines) is 1. The molecule has 0 aliphatic carbocycles. The molecule has 2 fully saturated rings. The predicted octanol–water partition coefficient (Wildman–Crippen LogP) is 0.219. The molecule has 0 bridgehead atoms. The Morgan fingerprint density at radius 3 is 2.53 bits per heavy atom. The lowest BCUT2D eigenvalue weighted by Gasteiger charge is -2.24. The van der Waals surface area contributed by atoms with Gasteiger partial charge in [0.05, 0.1) is 0 Å². The third-order valence-electron chi connectivity index (χ3n) is 3.92. The zero-order valence-corrected chi connectivity index (χ0v) is 11.3. The van der Waals surface area contributed by atoms with Crippen LogP contribution in [0.25, 0.3) is 0 Å². The summed E-state index contributed by atoms with van der Waals surface area (Å²) in [5.41, 5.74) is 0. The van der Waals surface area contributed by atoms with E-state index in [1.165, 1.54) is 12.8 Å². The van der Waals surface area contributed by atoms with Gasteiger partial charge < -0.3 is 15.2 Å². The fourth-order valence-electron chi connectivity index (χ4n) is 2.69. The molecule has 6 nitrogen and oxygen atoms in total. The van der Waals surface area contributed by atoms with Gasteiger partial charge in [-0.1, -0.05) is 0 Å². The van der Waals surface area contributed by atoms with Crippen LogP contribution >= 0.6 is 0 Å². The molecule has 0 aromatic rings. The SMILES string of the molecule is CC(CNC(=O)C1CCC(C(=O)O)O1)N1CCCC1. The Morgan fingerprint density at radius 2 is 1.95 bits per heavy atom. The summed E-state index contributed by atoms with van der Waals surface area (Å²) in [5.74, 6) is -1.17. The number of carbonyl (C=O) groups is 2. The van der Waals surface area contributed by atoms with Gasteiger partial charge in [-0.15, -0.1) is 0 Å². The van der Waals surface area contributed by atoms with Crippen molar-refractivity contribution in [2.24, 2.45) is 0 Å². The van der Waals surface area contributed by atoms with Gasteiger partial charge in [-0.25, -0.2) is 4.79 Å². The van der Waals surface area contributed by atoms with E-state index in [1.54, 1.807) is 0 Å². The monoisotopic (exact) mass is 270 g/mol. The Balaban J connectivity index is 1.71. The van der Waals surface area contributed by atoms with Crippen molar-refractivity contribution in [1.29, 1.82) is 0 Å². The molecule has 108 valence electrons. The number of nitrogens with one attached hydrogen (secondary N) is 1. The number of aliphatic carboxylic acids is 1. The first-order valence-corrected chi connectivity index (χ1v) is 6.98. The molecule has 0 radical (unpaired) electrons. The zero-order chi connectivity index (χ0) is 13.8. The van der Waals surface area contributed by atoms with Gasteiger partial charge in [-0.3, -0.25) is 9.69 Å². The van der Waals surface area contributed by atoms with E-state index in [4.69, 9.17) is 9.84 Å². The van der Waals surface area contributed by atoms with Crippen molar-refractivity contribution in [1.82, 2.24) is 10.2 Å². The smallest absolute Gasteiger partial charge is 0.332 e. The van der Waals surface area contributed by atoms with E-state index in [-0.39, 0.29) is 5.91 Å². The second-order valence-electron chi connectivity index (χ2n) is 5.37. The number of hydrogen-bond acceptors (Lipinski definition) is 4. The van der Waals surface area contributed by atoms with Gasteiger partial charge in [0.25, 0.3) is 0 Å². The zero-order valence-electron chi connectivity index (χ0n) is 11.3. The molecule has 2 N–H and O–H groups in total. The van der Waals surface area contributed by atoms with Crippen molar-refractivity contribution in [3.63, 3.8) is 0 Å². The van der Waals surface area contributed by atoms with Crippen molar-refractivity contribution < 1.29 is 19.4 Å². The minimum atomic E-state index is -0.985. The standard InChI is InChI=1S/C13H22N2O4/c1-9(15-6-2-3-7-15)8-14-12(16)10-4-5-11(19-10)13(17)18/h9-11H,2-8H2,1H3,(H,14,16)(H,17,18). The van der Waals surface area contributed by atoms with Gasteiger partial charge in [-0.2, -0.15) is 0 Å². The Hall–Kier alpha value is -1.14. The highest BCUT2D eigenvalue weighted by atomic mass is 16.5. The van der Waals surface area contributed by atoms with Crippen LogP contribution in [0, 0.1) is 0 Å². The van der Waals surface area contributed by atoms with Crippen molar-refractivity contribution in [2.75, 3.05) is 19.6 Å². The Kier molecular flexibility index (Phi) is 4.76. The molecule has 1 amide bonds. The molecule has 2 aliphatic heterocycles. The largest absolute Gasteiger partial charge is 0.479 e. The second kappa shape index (κ2) is 6.34. The maximum absolute atomic E-state index is 11.9. The minimum Gasteiger partial charge on any atom is -0.479 e. The highest BCUT2D eigenvalue weighted by molar-refractivity contribution is 5.82. The molecule has 2 heterocycles. The number of rotatable bonds is 5. The molecule has 2 aliphatic rings. The third kappa shape index (κ3) is 3.67. The molecule has 0 saturated carbocycles. The maximum Gasteiger partial charge on any atom is 0.332 e. The number of carboxylic acids is 1. The van der Waals surface area contributed by atoms with Gasteiger partial charge >= 0.3 is 5.97 Å². The molecule has 0 aromatic heterocycles. The molecule has 19 heavy (non-hydrogen) atoms. The minimum absolute atomic E-state index is 0.185. The van der Waals surface area contributed by atoms with E-state index < -0.39 is 18.2 Å². The van der Waals surface area contributed by atoms with Crippen LogP contribution in [0.2, 0.25) is 0 Å². The maximum atomic E-state index is 11.9. The summed E-state index contributed by atoms with van der Waals surface area (Å²) in [6, 6.07) is 0.322. The summed E-state index contributed by atoms with van der Waals surface area (Å²) in [6.45, 7) is 4.88. The van der Waals surface area contributed by atoms with Gasteiger partial charge in [-0.05, 0) is 45.7 Å². The number of carbonyl (C=O) groups excluding carboxylic acids is 1. The molecule has 0 spiro atoms. The molecule has 6 heteroatoms. The lowest BCUT2D eigenvalue weighted by Crippen LogP contribution is -2.44. The summed E-state index contributed by atoms with van der Waals surface area (Å²) in [5, 5.41) is 11.7. The third-order valence-corrected chi connectivity index (χ3v) is 3.92. The Morgan fingerprint density at radius 1 is 1.32 bits per heavy atom. The second-order valence-corrected chi connectivity index (χ2v) is 5.37.